The predicted molar refractivity (Wildman–Crippen MR) is 123 cm³/mol. The lowest BCUT2D eigenvalue weighted by Gasteiger charge is -2.22. The van der Waals surface area contributed by atoms with Crippen LogP contribution in [0.1, 0.15) is 68.3 Å². The molecule has 0 spiro atoms. The van der Waals surface area contributed by atoms with Gasteiger partial charge >= 0.3 is 5.97 Å². The first-order valence-corrected chi connectivity index (χ1v) is 11.0. The van der Waals surface area contributed by atoms with Gasteiger partial charge < -0.3 is 18.9 Å². The van der Waals surface area contributed by atoms with Gasteiger partial charge in [-0.25, -0.2) is 4.79 Å². The molecule has 1 aromatic heterocycles. The van der Waals surface area contributed by atoms with Gasteiger partial charge in [0.2, 0.25) is 0 Å². The Morgan fingerprint density at radius 3 is 2.25 bits per heavy atom. The molecule has 0 unspecified atom stereocenters. The van der Waals surface area contributed by atoms with Gasteiger partial charge in [-0.15, -0.1) is 0 Å². The minimum atomic E-state index is -0.476. The fourth-order valence-electron chi connectivity index (χ4n) is 3.95. The number of nitrogens with zero attached hydrogens (tertiary/aromatic N) is 2. The third-order valence-corrected chi connectivity index (χ3v) is 5.58. The highest BCUT2D eigenvalue weighted by molar-refractivity contribution is 6.06. The first-order chi connectivity index (χ1) is 15.3. The van der Waals surface area contributed by atoms with Gasteiger partial charge in [-0.3, -0.25) is 9.59 Å². The number of hydrogen-bond acceptors (Lipinski definition) is 5. The molecule has 0 saturated carbocycles. The van der Waals surface area contributed by atoms with Crippen LogP contribution in [0, 0.1) is 20.8 Å². The highest BCUT2D eigenvalue weighted by atomic mass is 16.5. The Morgan fingerprint density at radius 2 is 1.69 bits per heavy atom. The van der Waals surface area contributed by atoms with E-state index in [4.69, 9.17) is 9.47 Å². The standard InChI is InChI=1S/C25H34N2O5/c1-7-27-19(5)22(18(4)23(27)25(30)31-6)21(28)16-26(14-9-15-32-8-2)24(29)20-12-10-17(3)11-13-20/h10-13H,7-9,14-16H2,1-6H3. The van der Waals surface area contributed by atoms with Crippen molar-refractivity contribution in [1.29, 1.82) is 0 Å². The van der Waals surface area contributed by atoms with E-state index in [0.29, 0.717) is 60.8 Å². The number of carbonyl (C=O) groups is 3. The van der Waals surface area contributed by atoms with Crippen LogP contribution in [-0.4, -0.2) is 60.5 Å². The highest BCUT2D eigenvalue weighted by Gasteiger charge is 2.28. The van der Waals surface area contributed by atoms with Gasteiger partial charge in [-0.2, -0.15) is 0 Å². The van der Waals surface area contributed by atoms with E-state index in [9.17, 15) is 14.4 Å². The molecule has 0 bridgehead atoms. The van der Waals surface area contributed by atoms with Crippen molar-refractivity contribution in [3.63, 3.8) is 0 Å². The fraction of sp³-hybridized carbons (Fsp3) is 0.480. The third kappa shape index (κ3) is 5.65. The summed E-state index contributed by atoms with van der Waals surface area (Å²) in [5, 5.41) is 0. The van der Waals surface area contributed by atoms with Crippen LogP contribution in [0.25, 0.3) is 0 Å². The van der Waals surface area contributed by atoms with E-state index < -0.39 is 5.97 Å². The van der Waals surface area contributed by atoms with Crippen molar-refractivity contribution in [3.8, 4) is 0 Å². The quantitative estimate of drug-likeness (QED) is 0.299. The summed E-state index contributed by atoms with van der Waals surface area (Å²) in [6.45, 7) is 11.3. The summed E-state index contributed by atoms with van der Waals surface area (Å²) in [6, 6.07) is 7.31. The average molecular weight is 443 g/mol. The molecular weight excluding hydrogens is 408 g/mol. The Morgan fingerprint density at radius 1 is 1.03 bits per heavy atom. The van der Waals surface area contributed by atoms with Crippen molar-refractivity contribution < 1.29 is 23.9 Å². The van der Waals surface area contributed by atoms with Crippen LogP contribution < -0.4 is 0 Å². The Hall–Kier alpha value is -2.93. The normalized spacial score (nSPS) is 10.8. The van der Waals surface area contributed by atoms with Crippen molar-refractivity contribution in [2.24, 2.45) is 0 Å². The molecule has 0 fully saturated rings. The number of benzene rings is 1. The molecule has 0 atom stereocenters. The molecule has 0 saturated heterocycles. The zero-order valence-electron chi connectivity index (χ0n) is 20.0. The van der Waals surface area contributed by atoms with E-state index in [1.165, 1.54) is 7.11 Å². The van der Waals surface area contributed by atoms with Crippen LogP contribution in [0.4, 0.5) is 0 Å². The number of aromatic nitrogens is 1. The van der Waals surface area contributed by atoms with Crippen LogP contribution in [0.3, 0.4) is 0 Å². The molecule has 0 radical (unpaired) electrons. The number of methoxy groups -OCH3 is 1. The zero-order chi connectivity index (χ0) is 23.8. The first-order valence-electron chi connectivity index (χ1n) is 11.0. The van der Waals surface area contributed by atoms with Gasteiger partial charge in [0.05, 0.1) is 13.7 Å². The molecule has 2 rings (SSSR count). The number of amides is 1. The first kappa shape index (κ1) is 25.3. The number of Topliss-reactive ketones (excluding diaryl/α,β-unsaturated/α-hetero) is 1. The maximum atomic E-state index is 13.4. The second-order valence-electron chi connectivity index (χ2n) is 7.74. The molecule has 32 heavy (non-hydrogen) atoms. The Balaban J connectivity index is 2.35. The molecule has 1 aromatic carbocycles. The molecule has 7 nitrogen and oxygen atoms in total. The van der Waals surface area contributed by atoms with Gasteiger partial charge in [-0.1, -0.05) is 17.7 Å². The van der Waals surface area contributed by atoms with Gasteiger partial charge in [0, 0.05) is 43.1 Å². The fourth-order valence-corrected chi connectivity index (χ4v) is 3.95. The maximum absolute atomic E-state index is 13.4. The summed E-state index contributed by atoms with van der Waals surface area (Å²) < 4.78 is 12.1. The van der Waals surface area contributed by atoms with Crippen LogP contribution in [-0.2, 0) is 16.0 Å². The smallest absolute Gasteiger partial charge is 0.354 e. The molecule has 0 aliphatic heterocycles. The number of ketones is 1. The Labute approximate surface area is 190 Å². The lowest BCUT2D eigenvalue weighted by Crippen LogP contribution is -2.37. The number of hydrogen-bond donors (Lipinski definition) is 0. The van der Waals surface area contributed by atoms with Crippen molar-refractivity contribution in [2.75, 3.05) is 33.4 Å². The van der Waals surface area contributed by atoms with Crippen molar-refractivity contribution >= 4 is 17.7 Å². The molecule has 1 heterocycles. The summed E-state index contributed by atoms with van der Waals surface area (Å²) in [5.74, 6) is -0.877. The van der Waals surface area contributed by atoms with Gasteiger partial charge in [0.25, 0.3) is 5.91 Å². The molecule has 7 heteroatoms. The number of aryl methyl sites for hydroxylation is 1. The topological polar surface area (TPSA) is 77.8 Å². The second kappa shape index (κ2) is 11.6. The van der Waals surface area contributed by atoms with Crippen molar-refractivity contribution in [3.05, 3.63) is 57.9 Å². The van der Waals surface area contributed by atoms with E-state index in [-0.39, 0.29) is 18.2 Å². The number of ether oxygens (including phenoxy) is 2. The summed E-state index contributed by atoms with van der Waals surface area (Å²) in [6.07, 6.45) is 0.625. The zero-order valence-corrected chi connectivity index (χ0v) is 20.0. The minimum Gasteiger partial charge on any atom is -0.464 e. The van der Waals surface area contributed by atoms with E-state index in [1.807, 2.05) is 39.8 Å². The number of carbonyl (C=O) groups excluding carboxylic acids is 3. The van der Waals surface area contributed by atoms with E-state index in [1.54, 1.807) is 28.5 Å². The molecule has 174 valence electrons. The lowest BCUT2D eigenvalue weighted by molar-refractivity contribution is 0.0587. The summed E-state index contributed by atoms with van der Waals surface area (Å²) in [5.41, 5.74) is 3.73. The molecular formula is C25H34N2O5. The van der Waals surface area contributed by atoms with Crippen molar-refractivity contribution in [1.82, 2.24) is 9.47 Å². The molecule has 0 aliphatic rings. The lowest BCUT2D eigenvalue weighted by atomic mass is 10.0. The minimum absolute atomic E-state index is 0.0745. The molecule has 2 aromatic rings. The van der Waals surface area contributed by atoms with Gasteiger partial charge in [0.15, 0.2) is 5.78 Å². The largest absolute Gasteiger partial charge is 0.464 e. The highest BCUT2D eigenvalue weighted by Crippen LogP contribution is 2.24. The SMILES string of the molecule is CCOCCCN(CC(=O)c1c(C)c(C(=O)OC)n(CC)c1C)C(=O)c1ccc(C)cc1. The second-order valence-corrected chi connectivity index (χ2v) is 7.74. The van der Waals surface area contributed by atoms with E-state index >= 15 is 0 Å². The van der Waals surface area contributed by atoms with Crippen LogP contribution in [0.2, 0.25) is 0 Å². The van der Waals surface area contributed by atoms with Crippen LogP contribution in [0.5, 0.6) is 0 Å². The summed E-state index contributed by atoms with van der Waals surface area (Å²) >= 11 is 0. The Bertz CT molecular complexity index is 960. The summed E-state index contributed by atoms with van der Waals surface area (Å²) in [4.78, 5) is 40.4. The number of rotatable bonds is 11. The Kier molecular flexibility index (Phi) is 9.20. The molecule has 0 N–H and O–H groups in total. The molecule has 1 amide bonds. The summed E-state index contributed by atoms with van der Waals surface area (Å²) in [7, 11) is 1.33. The van der Waals surface area contributed by atoms with Crippen LogP contribution in [0.15, 0.2) is 24.3 Å². The maximum Gasteiger partial charge on any atom is 0.354 e. The monoisotopic (exact) mass is 442 g/mol. The predicted octanol–water partition coefficient (Wildman–Crippen LogP) is 3.97. The number of esters is 1. The average Bonchev–Trinajstić information content (AvgIpc) is 3.04. The van der Waals surface area contributed by atoms with Crippen molar-refractivity contribution in [2.45, 2.75) is 47.6 Å². The van der Waals surface area contributed by atoms with Gasteiger partial charge in [-0.05, 0) is 58.7 Å². The van der Waals surface area contributed by atoms with Crippen LogP contribution >= 0.6 is 0 Å². The van der Waals surface area contributed by atoms with E-state index in [2.05, 4.69) is 0 Å². The molecule has 0 aliphatic carbocycles. The van der Waals surface area contributed by atoms with Gasteiger partial charge in [0.1, 0.15) is 5.69 Å². The third-order valence-electron chi connectivity index (χ3n) is 5.58. The van der Waals surface area contributed by atoms with E-state index in [0.717, 1.165) is 5.56 Å².